The molecule has 0 fully saturated rings. The van der Waals surface area contributed by atoms with Crippen molar-refractivity contribution in [3.63, 3.8) is 0 Å². The first-order valence-corrected chi connectivity index (χ1v) is 9.30. The van der Waals surface area contributed by atoms with Crippen LogP contribution in [0.2, 0.25) is 0 Å². The van der Waals surface area contributed by atoms with Crippen LogP contribution in [0.25, 0.3) is 0 Å². The van der Waals surface area contributed by atoms with Gasteiger partial charge in [-0.3, -0.25) is 4.90 Å². The van der Waals surface area contributed by atoms with Gasteiger partial charge in [-0.2, -0.15) is 0 Å². The normalized spacial score (nSPS) is 17.0. The van der Waals surface area contributed by atoms with Crippen molar-refractivity contribution in [3.05, 3.63) is 89.3 Å². The van der Waals surface area contributed by atoms with Gasteiger partial charge < -0.3 is 9.30 Å². The molecule has 5 heteroatoms. The van der Waals surface area contributed by atoms with Crippen LogP contribution in [0.3, 0.4) is 0 Å². The Hall–Kier alpha value is -2.50. The van der Waals surface area contributed by atoms with Gasteiger partial charge in [-0.05, 0) is 17.2 Å². The maximum Gasteiger partial charge on any atom is 0.127 e. The van der Waals surface area contributed by atoms with E-state index in [1.54, 1.807) is 13.2 Å². The topological polar surface area (TPSA) is 30.3 Å². The van der Waals surface area contributed by atoms with Crippen LogP contribution in [0.1, 0.15) is 28.4 Å². The Morgan fingerprint density at radius 2 is 1.96 bits per heavy atom. The molecular formula is C22H24FN3O. The summed E-state index contributed by atoms with van der Waals surface area (Å²) in [6.45, 7) is 3.65. The minimum absolute atomic E-state index is 0.144. The standard InChI is InChI=1S/C22H24FN3O/c1-27-13-12-26-11-10-24-22(26)20-16-25(14-17-6-2-4-8-19(17)20)15-18-7-3-5-9-21(18)23/h2-11,20H,12-16H2,1H3. The van der Waals surface area contributed by atoms with E-state index in [4.69, 9.17) is 4.74 Å². The molecule has 2 aromatic carbocycles. The van der Waals surface area contributed by atoms with Gasteiger partial charge >= 0.3 is 0 Å². The number of nitrogens with zero attached hydrogens (tertiary/aromatic N) is 3. The first-order chi connectivity index (χ1) is 13.3. The van der Waals surface area contributed by atoms with Crippen molar-refractivity contribution >= 4 is 0 Å². The molecule has 1 aliphatic rings. The van der Waals surface area contributed by atoms with Gasteiger partial charge in [0.25, 0.3) is 0 Å². The second-order valence-corrected chi connectivity index (χ2v) is 6.98. The molecule has 0 saturated heterocycles. The van der Waals surface area contributed by atoms with Crippen LogP contribution in [-0.4, -0.2) is 34.7 Å². The van der Waals surface area contributed by atoms with E-state index in [0.29, 0.717) is 13.2 Å². The lowest BCUT2D eigenvalue weighted by molar-refractivity contribution is 0.184. The number of aromatic nitrogens is 2. The van der Waals surface area contributed by atoms with Crippen LogP contribution >= 0.6 is 0 Å². The van der Waals surface area contributed by atoms with Crippen LogP contribution in [0.4, 0.5) is 4.39 Å². The number of benzene rings is 2. The van der Waals surface area contributed by atoms with Gasteiger partial charge in [0.05, 0.1) is 12.5 Å². The molecule has 0 saturated carbocycles. The van der Waals surface area contributed by atoms with E-state index in [0.717, 1.165) is 31.0 Å². The Labute approximate surface area is 159 Å². The number of hydrogen-bond donors (Lipinski definition) is 0. The minimum Gasteiger partial charge on any atom is -0.383 e. The summed E-state index contributed by atoms with van der Waals surface area (Å²) in [5.41, 5.74) is 3.33. The molecule has 0 bridgehead atoms. The molecule has 1 aliphatic heterocycles. The van der Waals surface area contributed by atoms with E-state index in [9.17, 15) is 4.39 Å². The predicted octanol–water partition coefficient (Wildman–Crippen LogP) is 3.82. The van der Waals surface area contributed by atoms with Gasteiger partial charge in [0.1, 0.15) is 11.6 Å². The maximum atomic E-state index is 14.2. The molecule has 0 aliphatic carbocycles. The van der Waals surface area contributed by atoms with Gasteiger partial charge in [-0.25, -0.2) is 9.37 Å². The summed E-state index contributed by atoms with van der Waals surface area (Å²) >= 11 is 0. The van der Waals surface area contributed by atoms with Gasteiger partial charge in [-0.15, -0.1) is 0 Å². The zero-order valence-corrected chi connectivity index (χ0v) is 15.5. The lowest BCUT2D eigenvalue weighted by Crippen LogP contribution is -2.35. The predicted molar refractivity (Wildman–Crippen MR) is 103 cm³/mol. The second-order valence-electron chi connectivity index (χ2n) is 6.98. The molecule has 1 atom stereocenters. The highest BCUT2D eigenvalue weighted by atomic mass is 19.1. The SMILES string of the molecule is COCCn1ccnc1C1CN(Cc2ccccc2F)Cc2ccccc21. The Morgan fingerprint density at radius 3 is 2.81 bits per heavy atom. The minimum atomic E-state index is -0.144. The number of imidazole rings is 1. The van der Waals surface area contributed by atoms with Gasteiger partial charge in [-0.1, -0.05) is 42.5 Å². The van der Waals surface area contributed by atoms with Crippen molar-refractivity contribution in [3.8, 4) is 0 Å². The number of methoxy groups -OCH3 is 1. The average molecular weight is 365 g/mol. The van der Waals surface area contributed by atoms with Crippen LogP contribution in [0, 0.1) is 5.82 Å². The van der Waals surface area contributed by atoms with Gasteiger partial charge in [0, 0.05) is 51.2 Å². The lowest BCUT2D eigenvalue weighted by atomic mass is 9.88. The molecule has 0 radical (unpaired) electrons. The fourth-order valence-corrected chi connectivity index (χ4v) is 3.90. The van der Waals surface area contributed by atoms with Crippen molar-refractivity contribution in [2.75, 3.05) is 20.3 Å². The number of rotatable bonds is 6. The largest absolute Gasteiger partial charge is 0.383 e. The van der Waals surface area contributed by atoms with Crippen molar-refractivity contribution in [1.82, 2.24) is 14.5 Å². The van der Waals surface area contributed by atoms with Gasteiger partial charge in [0.15, 0.2) is 0 Å². The van der Waals surface area contributed by atoms with Crippen molar-refractivity contribution in [1.29, 1.82) is 0 Å². The van der Waals surface area contributed by atoms with E-state index in [2.05, 4.69) is 38.7 Å². The first-order valence-electron chi connectivity index (χ1n) is 9.30. The van der Waals surface area contributed by atoms with E-state index < -0.39 is 0 Å². The van der Waals surface area contributed by atoms with Crippen molar-refractivity contribution < 1.29 is 9.13 Å². The maximum absolute atomic E-state index is 14.2. The first kappa shape index (κ1) is 17.9. The highest BCUT2D eigenvalue weighted by Gasteiger charge is 2.29. The zero-order chi connectivity index (χ0) is 18.6. The summed E-state index contributed by atoms with van der Waals surface area (Å²) in [7, 11) is 1.71. The van der Waals surface area contributed by atoms with E-state index >= 15 is 0 Å². The molecule has 3 aromatic rings. The highest BCUT2D eigenvalue weighted by molar-refractivity contribution is 5.37. The van der Waals surface area contributed by atoms with Crippen LogP contribution < -0.4 is 0 Å². The average Bonchev–Trinajstić information content (AvgIpc) is 3.16. The van der Waals surface area contributed by atoms with Crippen molar-refractivity contribution in [2.24, 2.45) is 0 Å². The third kappa shape index (κ3) is 3.80. The monoisotopic (exact) mass is 365 g/mol. The Bertz CT molecular complexity index is 908. The summed E-state index contributed by atoms with van der Waals surface area (Å²) in [5.74, 6) is 1.06. The van der Waals surface area contributed by atoms with Crippen LogP contribution in [0.5, 0.6) is 0 Å². The molecule has 1 aromatic heterocycles. The summed E-state index contributed by atoms with van der Waals surface area (Å²) in [4.78, 5) is 6.96. The number of hydrogen-bond acceptors (Lipinski definition) is 3. The highest BCUT2D eigenvalue weighted by Crippen LogP contribution is 2.33. The summed E-state index contributed by atoms with van der Waals surface area (Å²) in [6, 6.07) is 15.5. The summed E-state index contributed by atoms with van der Waals surface area (Å²) in [5, 5.41) is 0. The molecular weight excluding hydrogens is 341 g/mol. The van der Waals surface area contributed by atoms with Crippen LogP contribution in [0.15, 0.2) is 60.9 Å². The zero-order valence-electron chi connectivity index (χ0n) is 15.5. The molecule has 4 nitrogen and oxygen atoms in total. The molecule has 27 heavy (non-hydrogen) atoms. The van der Waals surface area contributed by atoms with E-state index in [-0.39, 0.29) is 11.7 Å². The summed E-state index contributed by atoms with van der Waals surface area (Å²) in [6.07, 6.45) is 3.86. The van der Waals surface area contributed by atoms with Gasteiger partial charge in [0.2, 0.25) is 0 Å². The molecule has 140 valence electrons. The van der Waals surface area contributed by atoms with Crippen LogP contribution in [-0.2, 0) is 24.4 Å². The molecule has 0 amide bonds. The molecule has 0 spiro atoms. The fourth-order valence-electron chi connectivity index (χ4n) is 3.90. The Kier molecular flexibility index (Phi) is 5.32. The molecule has 2 heterocycles. The summed E-state index contributed by atoms with van der Waals surface area (Å²) < 4.78 is 21.6. The number of fused-ring (bicyclic) bond motifs is 1. The molecule has 1 unspecified atom stereocenters. The van der Waals surface area contributed by atoms with E-state index in [1.807, 2.05) is 24.5 Å². The smallest absolute Gasteiger partial charge is 0.127 e. The number of halogens is 1. The fraction of sp³-hybridized carbons (Fsp3) is 0.318. The quantitative estimate of drug-likeness (QED) is 0.665. The third-order valence-electron chi connectivity index (χ3n) is 5.21. The Balaban J connectivity index is 1.65. The Morgan fingerprint density at radius 1 is 1.15 bits per heavy atom. The lowest BCUT2D eigenvalue weighted by Gasteiger charge is -2.34. The molecule has 4 rings (SSSR count). The second kappa shape index (κ2) is 8.03. The van der Waals surface area contributed by atoms with Crippen molar-refractivity contribution in [2.45, 2.75) is 25.6 Å². The number of ether oxygens (including phenoxy) is 1. The third-order valence-corrected chi connectivity index (χ3v) is 5.21. The molecule has 0 N–H and O–H groups in total. The van der Waals surface area contributed by atoms with E-state index in [1.165, 1.54) is 17.2 Å².